The normalized spacial score (nSPS) is 26.0. The third-order valence-corrected chi connectivity index (χ3v) is 5.48. The van der Waals surface area contributed by atoms with Crippen LogP contribution in [0.4, 0.5) is 5.82 Å². The summed E-state index contributed by atoms with van der Waals surface area (Å²) < 4.78 is 0. The minimum atomic E-state index is 0.314. The SMILES string of the molecule is Cc1c(Cl)nc(C(C)C)nc1N1CCCC2CCCCC21. The standard InChI is InChI=1S/C17H26ClN3/c1-11(2)16-19-15(18)12(3)17(20-16)21-10-6-8-13-7-4-5-9-14(13)21/h11,13-14H,4-10H2,1-3H3. The van der Waals surface area contributed by atoms with E-state index in [1.54, 1.807) is 0 Å². The van der Waals surface area contributed by atoms with Crippen LogP contribution in [-0.2, 0) is 0 Å². The molecule has 4 heteroatoms. The molecule has 3 nitrogen and oxygen atoms in total. The van der Waals surface area contributed by atoms with Gasteiger partial charge in [0.15, 0.2) is 0 Å². The fraction of sp³-hybridized carbons (Fsp3) is 0.765. The first kappa shape index (κ1) is 15.1. The highest BCUT2D eigenvalue weighted by atomic mass is 35.5. The third-order valence-electron chi connectivity index (χ3n) is 5.11. The number of piperidine rings is 1. The molecule has 0 N–H and O–H groups in total. The first-order chi connectivity index (χ1) is 10.1. The van der Waals surface area contributed by atoms with Gasteiger partial charge in [0.05, 0.1) is 0 Å². The molecule has 3 rings (SSSR count). The molecule has 0 amide bonds. The highest BCUT2D eigenvalue weighted by Gasteiger charge is 2.35. The van der Waals surface area contributed by atoms with Gasteiger partial charge in [-0.05, 0) is 38.5 Å². The van der Waals surface area contributed by atoms with E-state index in [0.29, 0.717) is 17.1 Å². The first-order valence-electron chi connectivity index (χ1n) is 8.38. The van der Waals surface area contributed by atoms with E-state index in [0.717, 1.165) is 29.7 Å². The van der Waals surface area contributed by atoms with Gasteiger partial charge in [-0.15, -0.1) is 0 Å². The van der Waals surface area contributed by atoms with Crippen LogP contribution in [0.1, 0.15) is 69.7 Å². The molecule has 1 aromatic rings. The van der Waals surface area contributed by atoms with Crippen molar-refractivity contribution >= 4 is 17.4 Å². The van der Waals surface area contributed by atoms with Crippen molar-refractivity contribution in [2.75, 3.05) is 11.4 Å². The molecule has 0 radical (unpaired) electrons. The molecule has 1 aromatic heterocycles. The number of fused-ring (bicyclic) bond motifs is 1. The zero-order chi connectivity index (χ0) is 15.0. The Kier molecular flexibility index (Phi) is 4.39. The van der Waals surface area contributed by atoms with E-state index in [1.165, 1.54) is 38.5 Å². The quantitative estimate of drug-likeness (QED) is 0.740. The van der Waals surface area contributed by atoms with E-state index in [2.05, 4.69) is 30.7 Å². The highest BCUT2D eigenvalue weighted by molar-refractivity contribution is 6.30. The van der Waals surface area contributed by atoms with Crippen LogP contribution in [0.3, 0.4) is 0 Å². The Morgan fingerprint density at radius 3 is 2.57 bits per heavy atom. The lowest BCUT2D eigenvalue weighted by Gasteiger charge is -2.45. The summed E-state index contributed by atoms with van der Waals surface area (Å²) in [6, 6.07) is 0.664. The molecule has 21 heavy (non-hydrogen) atoms. The van der Waals surface area contributed by atoms with Gasteiger partial charge in [0.1, 0.15) is 16.8 Å². The number of aromatic nitrogens is 2. The van der Waals surface area contributed by atoms with Crippen molar-refractivity contribution < 1.29 is 0 Å². The second kappa shape index (κ2) is 6.12. The molecule has 0 aromatic carbocycles. The molecular formula is C17H26ClN3. The molecular weight excluding hydrogens is 282 g/mol. The molecule has 2 aliphatic rings. The van der Waals surface area contributed by atoms with Crippen LogP contribution >= 0.6 is 11.6 Å². The molecule has 2 atom stereocenters. The molecule has 1 saturated carbocycles. The van der Waals surface area contributed by atoms with Crippen LogP contribution in [0, 0.1) is 12.8 Å². The number of rotatable bonds is 2. The zero-order valence-corrected chi connectivity index (χ0v) is 14.2. The van der Waals surface area contributed by atoms with Crippen molar-refractivity contribution in [1.29, 1.82) is 0 Å². The highest BCUT2D eigenvalue weighted by Crippen LogP contribution is 2.39. The predicted molar refractivity (Wildman–Crippen MR) is 88.2 cm³/mol. The van der Waals surface area contributed by atoms with Crippen molar-refractivity contribution in [3.05, 3.63) is 16.5 Å². The summed E-state index contributed by atoms with van der Waals surface area (Å²) in [5.74, 6) is 3.13. The topological polar surface area (TPSA) is 29.0 Å². The summed E-state index contributed by atoms with van der Waals surface area (Å²) in [6.45, 7) is 7.44. The van der Waals surface area contributed by atoms with Crippen LogP contribution < -0.4 is 4.90 Å². The van der Waals surface area contributed by atoms with Crippen molar-refractivity contribution in [3.63, 3.8) is 0 Å². The fourth-order valence-corrected chi connectivity index (χ4v) is 4.09. The van der Waals surface area contributed by atoms with E-state index < -0.39 is 0 Å². The Hall–Kier alpha value is -0.830. The number of nitrogens with zero attached hydrogens (tertiary/aromatic N) is 3. The second-order valence-electron chi connectivity index (χ2n) is 6.92. The second-order valence-corrected chi connectivity index (χ2v) is 7.28. The Labute approximate surface area is 133 Å². The average Bonchev–Trinajstić information content (AvgIpc) is 2.49. The minimum absolute atomic E-state index is 0.314. The summed E-state index contributed by atoms with van der Waals surface area (Å²) in [4.78, 5) is 11.9. The van der Waals surface area contributed by atoms with Crippen LogP contribution in [-0.4, -0.2) is 22.6 Å². The molecule has 0 bridgehead atoms. The summed E-state index contributed by atoms with van der Waals surface area (Å²) >= 11 is 6.38. The van der Waals surface area contributed by atoms with Gasteiger partial charge in [-0.3, -0.25) is 0 Å². The maximum atomic E-state index is 6.38. The number of halogens is 1. The average molecular weight is 308 g/mol. The molecule has 2 unspecified atom stereocenters. The molecule has 2 fully saturated rings. The van der Waals surface area contributed by atoms with Crippen LogP contribution in [0.5, 0.6) is 0 Å². The zero-order valence-electron chi connectivity index (χ0n) is 13.4. The number of hydrogen-bond acceptors (Lipinski definition) is 3. The molecule has 116 valence electrons. The van der Waals surface area contributed by atoms with Crippen LogP contribution in [0.2, 0.25) is 5.15 Å². The Bertz CT molecular complexity index is 513. The Morgan fingerprint density at radius 2 is 1.81 bits per heavy atom. The smallest absolute Gasteiger partial charge is 0.137 e. The fourth-order valence-electron chi connectivity index (χ4n) is 3.92. The predicted octanol–water partition coefficient (Wildman–Crippen LogP) is 4.72. The number of hydrogen-bond donors (Lipinski definition) is 0. The van der Waals surface area contributed by atoms with Gasteiger partial charge in [0.25, 0.3) is 0 Å². The maximum absolute atomic E-state index is 6.38. The van der Waals surface area contributed by atoms with E-state index in [-0.39, 0.29) is 0 Å². The van der Waals surface area contributed by atoms with Gasteiger partial charge >= 0.3 is 0 Å². The van der Waals surface area contributed by atoms with E-state index in [9.17, 15) is 0 Å². The lowest BCUT2D eigenvalue weighted by atomic mass is 9.78. The summed E-state index contributed by atoms with van der Waals surface area (Å²) in [5, 5.41) is 0.627. The lowest BCUT2D eigenvalue weighted by molar-refractivity contribution is 0.242. The van der Waals surface area contributed by atoms with Crippen molar-refractivity contribution in [3.8, 4) is 0 Å². The van der Waals surface area contributed by atoms with E-state index in [4.69, 9.17) is 16.6 Å². The van der Waals surface area contributed by atoms with Gasteiger partial charge in [-0.2, -0.15) is 0 Å². The maximum Gasteiger partial charge on any atom is 0.137 e. The van der Waals surface area contributed by atoms with Crippen molar-refractivity contribution in [2.45, 2.75) is 71.3 Å². The third kappa shape index (κ3) is 2.90. The van der Waals surface area contributed by atoms with Crippen LogP contribution in [0.15, 0.2) is 0 Å². The van der Waals surface area contributed by atoms with Gasteiger partial charge in [0.2, 0.25) is 0 Å². The minimum Gasteiger partial charge on any atom is -0.353 e. The van der Waals surface area contributed by atoms with Gasteiger partial charge in [-0.25, -0.2) is 9.97 Å². The molecule has 2 heterocycles. The lowest BCUT2D eigenvalue weighted by Crippen LogP contribution is -2.47. The monoisotopic (exact) mass is 307 g/mol. The molecule has 1 aliphatic carbocycles. The van der Waals surface area contributed by atoms with Crippen molar-refractivity contribution in [1.82, 2.24) is 9.97 Å². The Balaban J connectivity index is 1.98. The molecule has 1 saturated heterocycles. The molecule has 0 spiro atoms. The first-order valence-corrected chi connectivity index (χ1v) is 8.76. The van der Waals surface area contributed by atoms with E-state index in [1.807, 2.05) is 0 Å². The van der Waals surface area contributed by atoms with E-state index >= 15 is 0 Å². The summed E-state index contributed by atoms with van der Waals surface area (Å²) in [7, 11) is 0. The summed E-state index contributed by atoms with van der Waals surface area (Å²) in [5.41, 5.74) is 1.05. The largest absolute Gasteiger partial charge is 0.353 e. The molecule has 1 aliphatic heterocycles. The van der Waals surface area contributed by atoms with Gasteiger partial charge in [-0.1, -0.05) is 38.3 Å². The van der Waals surface area contributed by atoms with Crippen LogP contribution in [0.25, 0.3) is 0 Å². The number of anilines is 1. The van der Waals surface area contributed by atoms with Crippen molar-refractivity contribution in [2.24, 2.45) is 5.92 Å². The summed E-state index contributed by atoms with van der Waals surface area (Å²) in [6.07, 6.45) is 8.11. The van der Waals surface area contributed by atoms with Gasteiger partial charge in [0, 0.05) is 24.1 Å². The van der Waals surface area contributed by atoms with Gasteiger partial charge < -0.3 is 4.90 Å². The Morgan fingerprint density at radius 1 is 1.10 bits per heavy atom.